The van der Waals surface area contributed by atoms with Crippen molar-refractivity contribution in [3.63, 3.8) is 0 Å². The highest BCUT2D eigenvalue weighted by molar-refractivity contribution is 5.93. The van der Waals surface area contributed by atoms with Crippen molar-refractivity contribution in [3.8, 4) is 5.88 Å². The molecule has 0 spiro atoms. The number of hydrazine groups is 1. The van der Waals surface area contributed by atoms with Crippen LogP contribution in [0.25, 0.3) is 0 Å². The molecule has 0 aliphatic heterocycles. The van der Waals surface area contributed by atoms with E-state index >= 15 is 0 Å². The summed E-state index contributed by atoms with van der Waals surface area (Å²) in [6.45, 7) is 0. The number of nitrogens with one attached hydrogen (secondary N) is 2. The lowest BCUT2D eigenvalue weighted by atomic mass is 9.98. The smallest absolute Gasteiger partial charge is 0.374 e. The molecule has 2 aromatic heterocycles. The number of amides is 1. The van der Waals surface area contributed by atoms with Gasteiger partial charge < -0.3 is 4.74 Å². The molecule has 2 aromatic rings. The van der Waals surface area contributed by atoms with Gasteiger partial charge in [0.15, 0.2) is 0 Å². The standard InChI is InChI=1S/C16H18N6O4/c23-15(12-8-4-5-9-17-12)21-20-14-13(22(24)25)16(19-10-18-14)26-11-6-2-1-3-7-11/h4-5,8-11H,1-3,6-7H2,(H,21,23)(H,18,19,20). The van der Waals surface area contributed by atoms with E-state index in [9.17, 15) is 14.9 Å². The fraction of sp³-hybridized carbons (Fsp3) is 0.375. The highest BCUT2D eigenvalue weighted by atomic mass is 16.6. The first-order valence-electron chi connectivity index (χ1n) is 8.28. The number of aromatic nitrogens is 3. The van der Waals surface area contributed by atoms with Gasteiger partial charge in [0.1, 0.15) is 18.1 Å². The lowest BCUT2D eigenvalue weighted by Gasteiger charge is -2.22. The Bertz CT molecular complexity index is 780. The van der Waals surface area contributed by atoms with Crippen LogP contribution in [-0.4, -0.2) is 31.9 Å². The maximum atomic E-state index is 12.0. The molecule has 0 atom stereocenters. The van der Waals surface area contributed by atoms with Crippen molar-refractivity contribution in [2.75, 3.05) is 5.43 Å². The first-order valence-corrected chi connectivity index (χ1v) is 8.28. The minimum atomic E-state index is -0.632. The second-order valence-corrected chi connectivity index (χ2v) is 5.81. The third kappa shape index (κ3) is 4.21. The molecule has 1 aliphatic carbocycles. The van der Waals surface area contributed by atoms with Gasteiger partial charge in [0, 0.05) is 6.20 Å². The summed E-state index contributed by atoms with van der Waals surface area (Å²) in [7, 11) is 0. The number of pyridine rings is 1. The Balaban J connectivity index is 1.75. The quantitative estimate of drug-likeness (QED) is 0.593. The first kappa shape index (κ1) is 17.5. The Morgan fingerprint density at radius 3 is 2.69 bits per heavy atom. The Morgan fingerprint density at radius 2 is 2.00 bits per heavy atom. The Labute approximate surface area is 149 Å². The second-order valence-electron chi connectivity index (χ2n) is 5.81. The molecule has 0 aromatic carbocycles. The summed E-state index contributed by atoms with van der Waals surface area (Å²) in [4.78, 5) is 34.5. The molecule has 1 amide bonds. The predicted molar refractivity (Wildman–Crippen MR) is 91.5 cm³/mol. The molecule has 10 heteroatoms. The van der Waals surface area contributed by atoms with Crippen LogP contribution >= 0.6 is 0 Å². The largest absolute Gasteiger partial charge is 0.469 e. The summed E-state index contributed by atoms with van der Waals surface area (Å²) < 4.78 is 5.72. The normalized spacial score (nSPS) is 14.5. The second kappa shape index (κ2) is 8.19. The zero-order valence-corrected chi connectivity index (χ0v) is 13.9. The molecule has 2 N–H and O–H groups in total. The fourth-order valence-corrected chi connectivity index (χ4v) is 2.72. The van der Waals surface area contributed by atoms with Gasteiger partial charge in [-0.05, 0) is 37.8 Å². The van der Waals surface area contributed by atoms with Gasteiger partial charge in [0.05, 0.1) is 4.92 Å². The monoisotopic (exact) mass is 358 g/mol. The van der Waals surface area contributed by atoms with Gasteiger partial charge in [-0.3, -0.25) is 30.7 Å². The van der Waals surface area contributed by atoms with Crippen LogP contribution in [0.5, 0.6) is 5.88 Å². The Kier molecular flexibility index (Phi) is 5.52. The van der Waals surface area contributed by atoms with E-state index in [4.69, 9.17) is 4.74 Å². The topological polar surface area (TPSA) is 132 Å². The van der Waals surface area contributed by atoms with Crippen LogP contribution in [-0.2, 0) is 0 Å². The molecule has 1 aliphatic rings. The lowest BCUT2D eigenvalue weighted by Crippen LogP contribution is -2.31. The van der Waals surface area contributed by atoms with E-state index in [1.54, 1.807) is 12.1 Å². The highest BCUT2D eigenvalue weighted by Gasteiger charge is 2.27. The summed E-state index contributed by atoms with van der Waals surface area (Å²) in [5, 5.41) is 11.5. The van der Waals surface area contributed by atoms with Crippen LogP contribution in [0, 0.1) is 10.1 Å². The molecule has 26 heavy (non-hydrogen) atoms. The van der Waals surface area contributed by atoms with Crippen molar-refractivity contribution in [2.24, 2.45) is 0 Å². The molecule has 3 rings (SSSR count). The zero-order chi connectivity index (χ0) is 18.4. The molecule has 0 bridgehead atoms. The van der Waals surface area contributed by atoms with E-state index in [0.717, 1.165) is 38.4 Å². The molecule has 10 nitrogen and oxygen atoms in total. The van der Waals surface area contributed by atoms with E-state index in [0.29, 0.717) is 0 Å². The number of nitrogens with zero attached hydrogens (tertiary/aromatic N) is 4. The van der Waals surface area contributed by atoms with Crippen molar-refractivity contribution in [1.29, 1.82) is 0 Å². The van der Waals surface area contributed by atoms with E-state index in [2.05, 4.69) is 25.8 Å². The van der Waals surface area contributed by atoms with Crippen LogP contribution in [0.2, 0.25) is 0 Å². The molecule has 0 unspecified atom stereocenters. The molecule has 136 valence electrons. The molecular formula is C16H18N6O4. The van der Waals surface area contributed by atoms with Gasteiger partial charge >= 0.3 is 5.69 Å². The van der Waals surface area contributed by atoms with E-state index in [1.165, 1.54) is 12.3 Å². The van der Waals surface area contributed by atoms with Gasteiger partial charge in [0.2, 0.25) is 5.82 Å². The number of carbonyl (C=O) groups excluding carboxylic acids is 1. The summed E-state index contributed by atoms with van der Waals surface area (Å²) >= 11 is 0. The fourth-order valence-electron chi connectivity index (χ4n) is 2.72. The van der Waals surface area contributed by atoms with Crippen LogP contribution in [0.15, 0.2) is 30.7 Å². The van der Waals surface area contributed by atoms with Crippen molar-refractivity contribution in [2.45, 2.75) is 38.2 Å². The Hall–Kier alpha value is -3.30. The van der Waals surface area contributed by atoms with Gasteiger partial charge in [-0.15, -0.1) is 0 Å². The number of hydrogen-bond acceptors (Lipinski definition) is 8. The molecule has 1 saturated carbocycles. The molecule has 0 saturated heterocycles. The number of ether oxygens (including phenoxy) is 1. The minimum absolute atomic E-state index is 0.103. The zero-order valence-electron chi connectivity index (χ0n) is 13.9. The number of carbonyl (C=O) groups is 1. The number of hydrogen-bond donors (Lipinski definition) is 2. The van der Waals surface area contributed by atoms with Gasteiger partial charge in [-0.1, -0.05) is 12.5 Å². The van der Waals surface area contributed by atoms with Crippen LogP contribution < -0.4 is 15.6 Å². The average molecular weight is 358 g/mol. The summed E-state index contributed by atoms with van der Waals surface area (Å²) in [6.07, 6.45) is 7.37. The van der Waals surface area contributed by atoms with Crippen molar-refractivity contribution >= 4 is 17.4 Å². The number of nitro groups is 1. The third-order valence-electron chi connectivity index (χ3n) is 3.99. The van der Waals surface area contributed by atoms with Gasteiger partial charge in [-0.25, -0.2) is 4.98 Å². The Morgan fingerprint density at radius 1 is 1.19 bits per heavy atom. The van der Waals surface area contributed by atoms with E-state index in [-0.39, 0.29) is 23.5 Å². The molecule has 1 fully saturated rings. The molecule has 0 radical (unpaired) electrons. The van der Waals surface area contributed by atoms with Crippen LogP contribution in [0.4, 0.5) is 11.5 Å². The van der Waals surface area contributed by atoms with Crippen LogP contribution in [0.1, 0.15) is 42.6 Å². The van der Waals surface area contributed by atoms with E-state index in [1.807, 2.05) is 0 Å². The summed E-state index contributed by atoms with van der Waals surface area (Å²) in [5.74, 6) is -0.806. The van der Waals surface area contributed by atoms with Crippen molar-refractivity contribution < 1.29 is 14.5 Å². The van der Waals surface area contributed by atoms with Gasteiger partial charge in [0.25, 0.3) is 11.8 Å². The maximum absolute atomic E-state index is 12.0. The third-order valence-corrected chi connectivity index (χ3v) is 3.99. The average Bonchev–Trinajstić information content (AvgIpc) is 2.67. The first-order chi connectivity index (χ1) is 12.6. The maximum Gasteiger partial charge on any atom is 0.374 e. The van der Waals surface area contributed by atoms with Gasteiger partial charge in [-0.2, -0.15) is 4.98 Å². The molecular weight excluding hydrogens is 340 g/mol. The molecule has 2 heterocycles. The minimum Gasteiger partial charge on any atom is -0.469 e. The van der Waals surface area contributed by atoms with Crippen molar-refractivity contribution in [1.82, 2.24) is 20.4 Å². The summed E-state index contributed by atoms with van der Waals surface area (Å²) in [5.41, 5.74) is 4.54. The highest BCUT2D eigenvalue weighted by Crippen LogP contribution is 2.33. The summed E-state index contributed by atoms with van der Waals surface area (Å²) in [6, 6.07) is 4.85. The number of anilines is 1. The van der Waals surface area contributed by atoms with E-state index < -0.39 is 16.5 Å². The lowest BCUT2D eigenvalue weighted by molar-refractivity contribution is -0.385. The predicted octanol–water partition coefficient (Wildman–Crippen LogP) is 2.25. The van der Waals surface area contributed by atoms with Crippen molar-refractivity contribution in [3.05, 3.63) is 46.5 Å². The SMILES string of the molecule is O=C(NNc1ncnc(OC2CCCCC2)c1[N+](=O)[O-])c1ccccn1. The van der Waals surface area contributed by atoms with Crippen LogP contribution in [0.3, 0.4) is 0 Å². The number of rotatable bonds is 6.